The molecule has 38 heavy (non-hydrogen) atoms. The van der Waals surface area contributed by atoms with Gasteiger partial charge in [-0.2, -0.15) is 13.2 Å². The molecule has 9 heteroatoms. The second-order valence-electron chi connectivity index (χ2n) is 9.66. The van der Waals surface area contributed by atoms with Crippen LogP contribution < -0.4 is 14.5 Å². The molecule has 0 aromatic heterocycles. The van der Waals surface area contributed by atoms with Gasteiger partial charge in [-0.15, -0.1) is 0 Å². The molecule has 2 heterocycles. The Bertz CT molecular complexity index is 1460. The van der Waals surface area contributed by atoms with Gasteiger partial charge in [0.15, 0.2) is 0 Å². The summed E-state index contributed by atoms with van der Waals surface area (Å²) in [5.41, 5.74) is 1.23. The molecule has 1 fully saturated rings. The number of halogens is 3. The number of benzene rings is 3. The highest BCUT2D eigenvalue weighted by atomic mass is 19.4. The van der Waals surface area contributed by atoms with Gasteiger partial charge in [0.2, 0.25) is 0 Å². The van der Waals surface area contributed by atoms with E-state index in [2.05, 4.69) is 0 Å². The molecule has 0 spiro atoms. The third kappa shape index (κ3) is 4.38. The second kappa shape index (κ2) is 9.24. The molecular weight excluding hydrogens is 497 g/mol. The molecule has 2 atom stereocenters. The fraction of sp³-hybridized carbons (Fsp3) is 0.241. The smallest absolute Gasteiger partial charge is 0.416 e. The first kappa shape index (κ1) is 25.4. The van der Waals surface area contributed by atoms with E-state index in [0.29, 0.717) is 23.3 Å². The number of ketones is 1. The number of alkyl halides is 3. The van der Waals surface area contributed by atoms with Crippen LogP contribution in [0.1, 0.15) is 35.2 Å². The summed E-state index contributed by atoms with van der Waals surface area (Å²) in [6, 6.07) is 15.0. The lowest BCUT2D eigenvalue weighted by atomic mass is 9.94. The summed E-state index contributed by atoms with van der Waals surface area (Å²) in [4.78, 5) is 29.6. The number of hydrogen-bond acceptors (Lipinski definition) is 5. The van der Waals surface area contributed by atoms with E-state index >= 15 is 0 Å². The van der Waals surface area contributed by atoms with Gasteiger partial charge in [-0.05, 0) is 66.6 Å². The van der Waals surface area contributed by atoms with Crippen molar-refractivity contribution in [3.8, 4) is 5.75 Å². The third-order valence-corrected chi connectivity index (χ3v) is 6.79. The Kier molecular flexibility index (Phi) is 6.17. The highest BCUT2D eigenvalue weighted by Gasteiger charge is 2.47. The van der Waals surface area contributed by atoms with Crippen molar-refractivity contribution >= 4 is 28.8 Å². The van der Waals surface area contributed by atoms with Gasteiger partial charge in [-0.25, -0.2) is 0 Å². The van der Waals surface area contributed by atoms with E-state index in [1.165, 1.54) is 12.1 Å². The lowest BCUT2D eigenvalue weighted by molar-refractivity contribution is -0.137. The van der Waals surface area contributed by atoms with Crippen molar-refractivity contribution in [3.63, 3.8) is 0 Å². The van der Waals surface area contributed by atoms with E-state index in [4.69, 9.17) is 4.74 Å². The van der Waals surface area contributed by atoms with Crippen molar-refractivity contribution < 1.29 is 32.6 Å². The monoisotopic (exact) mass is 522 g/mol. The van der Waals surface area contributed by atoms with Crippen LogP contribution in [-0.2, 0) is 22.2 Å². The van der Waals surface area contributed by atoms with Crippen LogP contribution in [0.25, 0.3) is 5.76 Å². The van der Waals surface area contributed by atoms with E-state index in [9.17, 15) is 27.9 Å². The molecule has 3 aromatic carbocycles. The summed E-state index contributed by atoms with van der Waals surface area (Å²) in [5.74, 6) is -1.73. The molecule has 1 N–H and O–H groups in total. The number of fused-ring (bicyclic) bond motifs is 1. The molecule has 2 aliphatic heterocycles. The van der Waals surface area contributed by atoms with E-state index in [0.717, 1.165) is 28.3 Å². The first-order valence-corrected chi connectivity index (χ1v) is 12.0. The molecule has 1 saturated heterocycles. The fourth-order valence-electron chi connectivity index (χ4n) is 4.93. The van der Waals surface area contributed by atoms with Crippen molar-refractivity contribution in [2.45, 2.75) is 31.7 Å². The number of rotatable bonds is 4. The van der Waals surface area contributed by atoms with Gasteiger partial charge in [0.25, 0.3) is 11.7 Å². The summed E-state index contributed by atoms with van der Waals surface area (Å²) >= 11 is 0. The zero-order valence-corrected chi connectivity index (χ0v) is 20.9. The van der Waals surface area contributed by atoms with Crippen LogP contribution in [0.2, 0.25) is 0 Å². The van der Waals surface area contributed by atoms with Crippen LogP contribution in [0.4, 0.5) is 24.5 Å². The molecule has 2 unspecified atom stereocenters. The second-order valence-corrected chi connectivity index (χ2v) is 9.66. The lowest BCUT2D eigenvalue weighted by Gasteiger charge is -2.26. The van der Waals surface area contributed by atoms with Crippen molar-refractivity contribution in [3.05, 3.63) is 94.6 Å². The first-order chi connectivity index (χ1) is 18.0. The maximum atomic E-state index is 13.5. The fourth-order valence-corrected chi connectivity index (χ4v) is 4.93. The molecular formula is C29H25F3N2O4. The number of anilines is 2. The van der Waals surface area contributed by atoms with E-state index < -0.39 is 35.2 Å². The summed E-state index contributed by atoms with van der Waals surface area (Å²) in [6.45, 7) is 1.91. The van der Waals surface area contributed by atoms with Crippen LogP contribution in [0.5, 0.6) is 5.75 Å². The maximum absolute atomic E-state index is 13.5. The Balaban J connectivity index is 1.69. The van der Waals surface area contributed by atoms with E-state index in [1.54, 1.807) is 42.5 Å². The van der Waals surface area contributed by atoms with Crippen molar-refractivity contribution in [2.24, 2.45) is 0 Å². The number of Topliss-reactive ketones (excluding diaryl/α,β-unsaturated/α-hetero) is 1. The number of amides is 1. The average Bonchev–Trinajstić information content (AvgIpc) is 3.38. The molecule has 0 aliphatic carbocycles. The molecule has 1 amide bonds. The van der Waals surface area contributed by atoms with Gasteiger partial charge in [0.05, 0.1) is 17.2 Å². The zero-order chi connectivity index (χ0) is 27.4. The number of nitrogens with zero attached hydrogens (tertiary/aromatic N) is 2. The zero-order valence-electron chi connectivity index (χ0n) is 20.9. The summed E-state index contributed by atoms with van der Waals surface area (Å²) in [5, 5.41) is 11.4. The number of hydrogen-bond donors (Lipinski definition) is 1. The predicted molar refractivity (Wildman–Crippen MR) is 137 cm³/mol. The highest BCUT2D eigenvalue weighted by Crippen LogP contribution is 2.44. The largest absolute Gasteiger partial charge is 0.507 e. The van der Waals surface area contributed by atoms with Gasteiger partial charge in [-0.3, -0.25) is 14.5 Å². The molecule has 2 aliphatic rings. The van der Waals surface area contributed by atoms with Gasteiger partial charge >= 0.3 is 6.18 Å². The standard InChI is InChI=1S/C29H25F3N2O4/c1-16-13-19-14-18(9-12-23(19)38-16)26(35)24-25(17-7-10-21(11-8-17)33(2)3)34(28(37)27(24)36)22-6-4-5-20(15-22)29(30,31)32/h4-12,14-16,25,35H,13H2,1-3H3/b26-24-. The van der Waals surface area contributed by atoms with Gasteiger partial charge < -0.3 is 14.7 Å². The minimum Gasteiger partial charge on any atom is -0.507 e. The predicted octanol–water partition coefficient (Wildman–Crippen LogP) is 5.72. The Morgan fingerprint density at radius 3 is 2.39 bits per heavy atom. The maximum Gasteiger partial charge on any atom is 0.416 e. The molecule has 6 nitrogen and oxygen atoms in total. The van der Waals surface area contributed by atoms with Crippen LogP contribution in [-0.4, -0.2) is 37.0 Å². The molecule has 196 valence electrons. The van der Waals surface area contributed by atoms with E-state index in [1.807, 2.05) is 25.9 Å². The van der Waals surface area contributed by atoms with E-state index in [-0.39, 0.29) is 17.4 Å². The Morgan fingerprint density at radius 1 is 1.03 bits per heavy atom. The quantitative estimate of drug-likeness (QED) is 0.270. The van der Waals surface area contributed by atoms with Crippen LogP contribution >= 0.6 is 0 Å². The van der Waals surface area contributed by atoms with Gasteiger partial charge in [0.1, 0.15) is 17.6 Å². The number of aliphatic hydroxyl groups excluding tert-OH is 1. The third-order valence-electron chi connectivity index (χ3n) is 6.79. The minimum absolute atomic E-state index is 0.0379. The minimum atomic E-state index is -4.64. The number of ether oxygens (including phenoxy) is 1. The van der Waals surface area contributed by atoms with Crippen molar-refractivity contribution in [1.82, 2.24) is 0 Å². The number of carbonyl (C=O) groups excluding carboxylic acids is 2. The number of aliphatic hydroxyl groups is 1. The molecule has 0 bridgehead atoms. The Hall–Kier alpha value is -4.27. The molecule has 0 saturated carbocycles. The molecule has 0 radical (unpaired) electrons. The summed E-state index contributed by atoms with van der Waals surface area (Å²) < 4.78 is 46.2. The summed E-state index contributed by atoms with van der Waals surface area (Å²) in [6.07, 6.45) is -4.07. The van der Waals surface area contributed by atoms with Crippen LogP contribution in [0.3, 0.4) is 0 Å². The van der Waals surface area contributed by atoms with Crippen LogP contribution in [0.15, 0.2) is 72.3 Å². The Labute approximate surface area is 217 Å². The normalized spacial score (nSPS) is 20.4. The number of carbonyl (C=O) groups is 2. The highest BCUT2D eigenvalue weighted by molar-refractivity contribution is 6.51. The lowest BCUT2D eigenvalue weighted by Crippen LogP contribution is -2.29. The average molecular weight is 523 g/mol. The van der Waals surface area contributed by atoms with Gasteiger partial charge in [-0.1, -0.05) is 18.2 Å². The van der Waals surface area contributed by atoms with Crippen molar-refractivity contribution in [2.75, 3.05) is 23.9 Å². The summed E-state index contributed by atoms with van der Waals surface area (Å²) in [7, 11) is 3.70. The molecule has 3 aromatic rings. The Morgan fingerprint density at radius 2 is 1.74 bits per heavy atom. The molecule has 5 rings (SSSR count). The van der Waals surface area contributed by atoms with Gasteiger partial charge in [0, 0.05) is 37.5 Å². The topological polar surface area (TPSA) is 70.1 Å². The first-order valence-electron chi connectivity index (χ1n) is 12.0. The van der Waals surface area contributed by atoms with Crippen LogP contribution in [0, 0.1) is 0 Å². The SMILES string of the molecule is CC1Cc2cc(/C(O)=C3/C(=O)C(=O)N(c4cccc(C(F)(F)F)c4)C3c3ccc(N(C)C)cc3)ccc2O1. The van der Waals surface area contributed by atoms with Crippen molar-refractivity contribution in [1.29, 1.82) is 0 Å².